The highest BCUT2D eigenvalue weighted by molar-refractivity contribution is 6.30. The Morgan fingerprint density at radius 2 is 1.61 bits per heavy atom. The van der Waals surface area contributed by atoms with Gasteiger partial charge in [-0.1, -0.05) is 11.6 Å². The average molecular weight is 262 g/mol. The molecule has 0 aromatic heterocycles. The zero-order valence-corrected chi connectivity index (χ0v) is 11.5. The lowest BCUT2D eigenvalue weighted by Gasteiger charge is -2.15. The summed E-state index contributed by atoms with van der Waals surface area (Å²) in [5.41, 5.74) is 4.81. The second kappa shape index (κ2) is 4.91. The summed E-state index contributed by atoms with van der Waals surface area (Å²) in [5.74, 6) is 0.370. The fourth-order valence-corrected chi connectivity index (χ4v) is 2.01. The first-order valence-electron chi connectivity index (χ1n) is 5.81. The predicted molar refractivity (Wildman–Crippen MR) is 77.1 cm³/mol. The topological polar surface area (TPSA) is 32.3 Å². The van der Waals surface area contributed by atoms with Crippen molar-refractivity contribution in [1.82, 2.24) is 0 Å². The first kappa shape index (κ1) is 12.8. The molecule has 0 saturated heterocycles. The third-order valence-corrected chi connectivity index (χ3v) is 3.43. The van der Waals surface area contributed by atoms with Gasteiger partial charge in [-0.05, 0) is 67.8 Å². The minimum absolute atomic E-state index is 0.370. The fraction of sp³-hybridized carbons (Fsp3) is 0.200. The van der Waals surface area contributed by atoms with Gasteiger partial charge in [0.1, 0.15) is 5.75 Å². The van der Waals surface area contributed by atoms with E-state index in [1.807, 2.05) is 51.1 Å². The molecule has 0 aliphatic rings. The molecule has 0 aliphatic heterocycles. The van der Waals surface area contributed by atoms with Crippen LogP contribution in [0.3, 0.4) is 0 Å². The van der Waals surface area contributed by atoms with Crippen molar-refractivity contribution < 1.29 is 5.11 Å². The molecule has 3 heteroatoms. The van der Waals surface area contributed by atoms with E-state index in [1.54, 1.807) is 0 Å². The maximum Gasteiger partial charge on any atom is 0.121 e. The molecular formula is C15H16ClNO. The Bertz CT molecular complexity index is 576. The zero-order valence-electron chi connectivity index (χ0n) is 10.7. The van der Waals surface area contributed by atoms with Crippen molar-refractivity contribution in [3.8, 4) is 5.75 Å². The van der Waals surface area contributed by atoms with Gasteiger partial charge in [0.15, 0.2) is 0 Å². The highest BCUT2D eigenvalue weighted by atomic mass is 35.5. The number of halogens is 1. The van der Waals surface area contributed by atoms with Crippen LogP contribution >= 0.6 is 11.6 Å². The van der Waals surface area contributed by atoms with Crippen molar-refractivity contribution in [1.29, 1.82) is 0 Å². The summed E-state index contributed by atoms with van der Waals surface area (Å²) in [4.78, 5) is 0. The monoisotopic (exact) mass is 261 g/mol. The summed E-state index contributed by atoms with van der Waals surface area (Å²) < 4.78 is 0. The lowest BCUT2D eigenvalue weighted by molar-refractivity contribution is 0.466. The van der Waals surface area contributed by atoms with E-state index in [0.29, 0.717) is 5.75 Å². The summed E-state index contributed by atoms with van der Waals surface area (Å²) >= 11 is 5.86. The minimum Gasteiger partial charge on any atom is -0.507 e. The molecule has 0 aliphatic carbocycles. The van der Waals surface area contributed by atoms with Gasteiger partial charge < -0.3 is 10.4 Å². The highest BCUT2D eigenvalue weighted by Gasteiger charge is 2.09. The van der Waals surface area contributed by atoms with E-state index in [0.717, 1.165) is 33.1 Å². The SMILES string of the molecule is Cc1cc(Nc2ccc(Cl)cc2)c(C)c(C)c1O. The maximum absolute atomic E-state index is 9.87. The van der Waals surface area contributed by atoms with E-state index < -0.39 is 0 Å². The van der Waals surface area contributed by atoms with Crippen LogP contribution in [0, 0.1) is 20.8 Å². The van der Waals surface area contributed by atoms with Gasteiger partial charge in [0.2, 0.25) is 0 Å². The van der Waals surface area contributed by atoms with E-state index >= 15 is 0 Å². The summed E-state index contributed by atoms with van der Waals surface area (Å²) in [5, 5.41) is 13.9. The number of aryl methyl sites for hydroxylation is 1. The minimum atomic E-state index is 0.370. The van der Waals surface area contributed by atoms with Gasteiger partial charge in [-0.2, -0.15) is 0 Å². The second-order valence-corrected chi connectivity index (χ2v) is 4.91. The van der Waals surface area contributed by atoms with Gasteiger partial charge in [0.25, 0.3) is 0 Å². The van der Waals surface area contributed by atoms with Crippen LogP contribution in [-0.2, 0) is 0 Å². The molecule has 18 heavy (non-hydrogen) atoms. The first-order valence-corrected chi connectivity index (χ1v) is 6.19. The van der Waals surface area contributed by atoms with Gasteiger partial charge in [-0.25, -0.2) is 0 Å². The van der Waals surface area contributed by atoms with Gasteiger partial charge in [-0.15, -0.1) is 0 Å². The van der Waals surface area contributed by atoms with E-state index in [2.05, 4.69) is 5.32 Å². The Kier molecular flexibility index (Phi) is 3.48. The van der Waals surface area contributed by atoms with E-state index in [-0.39, 0.29) is 0 Å². The Hall–Kier alpha value is -1.67. The highest BCUT2D eigenvalue weighted by Crippen LogP contribution is 2.32. The number of phenols is 1. The normalized spacial score (nSPS) is 10.4. The standard InChI is InChI=1S/C15H16ClNO/c1-9-8-14(10(2)11(3)15(9)18)17-13-6-4-12(16)5-7-13/h4-8,17-18H,1-3H3. The average Bonchev–Trinajstić information content (AvgIpc) is 2.36. The van der Waals surface area contributed by atoms with Crippen molar-refractivity contribution in [2.45, 2.75) is 20.8 Å². The summed E-state index contributed by atoms with van der Waals surface area (Å²) in [6.45, 7) is 5.81. The molecule has 2 rings (SSSR count). The Labute approximate surface area is 112 Å². The third kappa shape index (κ3) is 2.44. The van der Waals surface area contributed by atoms with Crippen LogP contribution in [-0.4, -0.2) is 5.11 Å². The number of hydrogen-bond acceptors (Lipinski definition) is 2. The molecule has 2 aromatic carbocycles. The van der Waals surface area contributed by atoms with Crippen molar-refractivity contribution in [2.24, 2.45) is 0 Å². The molecule has 0 fully saturated rings. The largest absolute Gasteiger partial charge is 0.507 e. The molecular weight excluding hydrogens is 246 g/mol. The number of phenolic OH excluding ortho intramolecular Hbond substituents is 1. The van der Waals surface area contributed by atoms with Crippen LogP contribution in [0.5, 0.6) is 5.75 Å². The first-order chi connectivity index (χ1) is 8.49. The molecule has 0 bridgehead atoms. The molecule has 2 aromatic rings. The second-order valence-electron chi connectivity index (χ2n) is 4.47. The number of aromatic hydroxyl groups is 1. The number of rotatable bonds is 2. The number of hydrogen-bond donors (Lipinski definition) is 2. The lowest BCUT2D eigenvalue weighted by Crippen LogP contribution is -1.96. The van der Waals surface area contributed by atoms with Crippen molar-refractivity contribution in [3.05, 3.63) is 52.0 Å². The van der Waals surface area contributed by atoms with Crippen LogP contribution in [0.25, 0.3) is 0 Å². The lowest BCUT2D eigenvalue weighted by atomic mass is 10.0. The third-order valence-electron chi connectivity index (χ3n) is 3.18. The van der Waals surface area contributed by atoms with Crippen LogP contribution in [0.4, 0.5) is 11.4 Å². The van der Waals surface area contributed by atoms with Gasteiger partial charge in [-0.3, -0.25) is 0 Å². The summed E-state index contributed by atoms with van der Waals surface area (Å²) in [7, 11) is 0. The Balaban J connectivity index is 2.38. The van der Waals surface area contributed by atoms with Crippen LogP contribution in [0.2, 0.25) is 5.02 Å². The fourth-order valence-electron chi connectivity index (χ4n) is 1.89. The quantitative estimate of drug-likeness (QED) is 0.767. The Morgan fingerprint density at radius 3 is 2.22 bits per heavy atom. The van der Waals surface area contributed by atoms with Crippen LogP contribution < -0.4 is 5.32 Å². The van der Waals surface area contributed by atoms with E-state index in [9.17, 15) is 5.11 Å². The zero-order chi connectivity index (χ0) is 13.3. The molecule has 94 valence electrons. The molecule has 0 saturated carbocycles. The Morgan fingerprint density at radius 1 is 1.00 bits per heavy atom. The predicted octanol–water partition coefficient (Wildman–Crippen LogP) is 4.71. The summed E-state index contributed by atoms with van der Waals surface area (Å²) in [6, 6.07) is 9.50. The van der Waals surface area contributed by atoms with Crippen LogP contribution in [0.15, 0.2) is 30.3 Å². The molecule has 2 N–H and O–H groups in total. The molecule has 0 amide bonds. The summed E-state index contributed by atoms with van der Waals surface area (Å²) in [6.07, 6.45) is 0. The number of nitrogens with one attached hydrogen (secondary N) is 1. The molecule has 2 nitrogen and oxygen atoms in total. The molecule has 0 unspecified atom stereocenters. The van der Waals surface area contributed by atoms with E-state index in [4.69, 9.17) is 11.6 Å². The molecule has 0 atom stereocenters. The van der Waals surface area contributed by atoms with Gasteiger partial charge in [0.05, 0.1) is 0 Å². The van der Waals surface area contributed by atoms with Crippen LogP contribution in [0.1, 0.15) is 16.7 Å². The van der Waals surface area contributed by atoms with Gasteiger partial charge in [0, 0.05) is 16.4 Å². The van der Waals surface area contributed by atoms with E-state index in [1.165, 1.54) is 0 Å². The van der Waals surface area contributed by atoms with Crippen molar-refractivity contribution in [3.63, 3.8) is 0 Å². The van der Waals surface area contributed by atoms with Gasteiger partial charge >= 0.3 is 0 Å². The molecule has 0 heterocycles. The molecule has 0 radical (unpaired) electrons. The maximum atomic E-state index is 9.87. The van der Waals surface area contributed by atoms with Crippen molar-refractivity contribution >= 4 is 23.0 Å². The number of benzene rings is 2. The van der Waals surface area contributed by atoms with Crippen molar-refractivity contribution in [2.75, 3.05) is 5.32 Å². The smallest absolute Gasteiger partial charge is 0.121 e. The number of anilines is 2. The molecule has 0 spiro atoms.